The van der Waals surface area contributed by atoms with E-state index in [1.54, 1.807) is 6.07 Å². The van der Waals surface area contributed by atoms with Gasteiger partial charge in [-0.15, -0.1) is 13.2 Å². The Kier molecular flexibility index (Phi) is 8.28. The second kappa shape index (κ2) is 11.0. The van der Waals surface area contributed by atoms with E-state index in [0.29, 0.717) is 31.2 Å². The fourth-order valence-electron chi connectivity index (χ4n) is 3.97. The third-order valence-electron chi connectivity index (χ3n) is 5.99. The molecule has 0 bridgehead atoms. The summed E-state index contributed by atoms with van der Waals surface area (Å²) < 4.78 is 83.0. The predicted molar refractivity (Wildman–Crippen MR) is 120 cm³/mol. The van der Waals surface area contributed by atoms with Crippen molar-refractivity contribution in [3.8, 4) is 5.75 Å². The third-order valence-corrected chi connectivity index (χ3v) is 5.99. The number of benzene rings is 3. The lowest BCUT2D eigenvalue weighted by Gasteiger charge is -2.29. The minimum atomic E-state index is -4.84. The SMILES string of the molecule is CC(CCCCc1ccc(F)c(Cc2ccccc2)c1)(c1ccc(OC(F)(F)F)cc1)C(F)F. The molecule has 34 heavy (non-hydrogen) atoms. The van der Waals surface area contributed by atoms with Crippen molar-refractivity contribution >= 4 is 0 Å². The van der Waals surface area contributed by atoms with E-state index in [9.17, 15) is 26.3 Å². The van der Waals surface area contributed by atoms with Crippen LogP contribution in [0.25, 0.3) is 0 Å². The van der Waals surface area contributed by atoms with Crippen molar-refractivity contribution in [1.82, 2.24) is 0 Å². The van der Waals surface area contributed by atoms with E-state index in [1.165, 1.54) is 25.1 Å². The number of hydrogen-bond donors (Lipinski definition) is 0. The Morgan fingerprint density at radius 2 is 1.50 bits per heavy atom. The molecule has 0 N–H and O–H groups in total. The van der Waals surface area contributed by atoms with Crippen LogP contribution in [0, 0.1) is 5.82 Å². The molecule has 0 radical (unpaired) electrons. The highest BCUT2D eigenvalue weighted by Gasteiger charge is 2.37. The van der Waals surface area contributed by atoms with E-state index in [2.05, 4.69) is 4.74 Å². The fraction of sp³-hybridized carbons (Fsp3) is 0.333. The monoisotopic (exact) mass is 480 g/mol. The Labute approximate surface area is 195 Å². The number of rotatable bonds is 10. The Bertz CT molecular complexity index is 1050. The van der Waals surface area contributed by atoms with E-state index in [1.807, 2.05) is 36.4 Å². The molecule has 0 saturated heterocycles. The average Bonchev–Trinajstić information content (AvgIpc) is 2.78. The number of aryl methyl sites for hydroxylation is 1. The van der Waals surface area contributed by atoms with Crippen molar-refractivity contribution < 1.29 is 31.1 Å². The van der Waals surface area contributed by atoms with Gasteiger partial charge < -0.3 is 4.74 Å². The summed E-state index contributed by atoms with van der Waals surface area (Å²) in [5.41, 5.74) is 1.27. The average molecular weight is 480 g/mol. The zero-order chi connectivity index (χ0) is 24.8. The summed E-state index contributed by atoms with van der Waals surface area (Å²) in [6.45, 7) is 1.41. The Morgan fingerprint density at radius 1 is 0.824 bits per heavy atom. The summed E-state index contributed by atoms with van der Waals surface area (Å²) in [4.78, 5) is 0. The molecular formula is C27H26F6O. The zero-order valence-corrected chi connectivity index (χ0v) is 18.7. The second-order valence-corrected chi connectivity index (χ2v) is 8.59. The van der Waals surface area contributed by atoms with Crippen LogP contribution in [0.1, 0.15) is 48.4 Å². The maximum atomic E-state index is 14.2. The van der Waals surface area contributed by atoms with Gasteiger partial charge in [-0.2, -0.15) is 0 Å². The van der Waals surface area contributed by atoms with Crippen molar-refractivity contribution in [3.05, 3.63) is 101 Å². The Morgan fingerprint density at radius 3 is 2.12 bits per heavy atom. The van der Waals surface area contributed by atoms with E-state index >= 15 is 0 Å². The van der Waals surface area contributed by atoms with Gasteiger partial charge in [0, 0.05) is 6.42 Å². The van der Waals surface area contributed by atoms with Gasteiger partial charge in [-0.05, 0) is 59.7 Å². The number of alkyl halides is 5. The molecule has 0 aliphatic rings. The van der Waals surface area contributed by atoms with Gasteiger partial charge in [0.05, 0.1) is 5.41 Å². The molecular weight excluding hydrogens is 454 g/mol. The quantitative estimate of drug-likeness (QED) is 0.210. The topological polar surface area (TPSA) is 9.23 Å². The number of unbranched alkanes of at least 4 members (excludes halogenated alkanes) is 1. The highest BCUT2D eigenvalue weighted by Crippen LogP contribution is 2.37. The molecule has 182 valence electrons. The molecule has 1 atom stereocenters. The summed E-state index contributed by atoms with van der Waals surface area (Å²) in [6.07, 6.45) is -5.19. The molecule has 7 heteroatoms. The van der Waals surface area contributed by atoms with Gasteiger partial charge in [-0.25, -0.2) is 13.2 Å². The minimum Gasteiger partial charge on any atom is -0.406 e. The first-order valence-electron chi connectivity index (χ1n) is 11.0. The van der Waals surface area contributed by atoms with E-state index in [-0.39, 0.29) is 17.8 Å². The Hall–Kier alpha value is -2.96. The molecule has 0 aliphatic carbocycles. The van der Waals surface area contributed by atoms with Crippen LogP contribution in [-0.4, -0.2) is 12.8 Å². The lowest BCUT2D eigenvalue weighted by Crippen LogP contribution is -2.31. The largest absolute Gasteiger partial charge is 0.573 e. The molecule has 0 aliphatic heterocycles. The maximum Gasteiger partial charge on any atom is 0.573 e. The smallest absolute Gasteiger partial charge is 0.406 e. The second-order valence-electron chi connectivity index (χ2n) is 8.59. The molecule has 0 saturated carbocycles. The van der Waals surface area contributed by atoms with Gasteiger partial charge in [0.1, 0.15) is 11.6 Å². The number of halogens is 6. The molecule has 3 aromatic carbocycles. The van der Waals surface area contributed by atoms with Crippen molar-refractivity contribution in [2.24, 2.45) is 0 Å². The summed E-state index contributed by atoms with van der Waals surface area (Å²) >= 11 is 0. The van der Waals surface area contributed by atoms with E-state index in [0.717, 1.165) is 23.3 Å². The van der Waals surface area contributed by atoms with Crippen LogP contribution in [0.2, 0.25) is 0 Å². The maximum absolute atomic E-state index is 14.2. The predicted octanol–water partition coefficient (Wildman–Crippen LogP) is 8.25. The molecule has 3 aromatic rings. The molecule has 1 unspecified atom stereocenters. The van der Waals surface area contributed by atoms with Crippen LogP contribution in [0.3, 0.4) is 0 Å². The number of hydrogen-bond acceptors (Lipinski definition) is 1. The van der Waals surface area contributed by atoms with Crippen molar-refractivity contribution in [1.29, 1.82) is 0 Å². The number of ether oxygens (including phenoxy) is 1. The third kappa shape index (κ3) is 7.02. The van der Waals surface area contributed by atoms with Gasteiger partial charge >= 0.3 is 6.36 Å². The van der Waals surface area contributed by atoms with Crippen LogP contribution in [0.5, 0.6) is 5.75 Å². The standard InChI is InChI=1S/C27H26F6O/c1-26(25(29)30,22-11-13-23(14-12-22)34-27(31,32)33)16-6-5-9-20-10-15-24(28)21(18-20)17-19-7-3-2-4-8-19/h2-4,7-8,10-15,18,25H,5-6,9,16-17H2,1H3. The normalized spacial score (nSPS) is 13.6. The molecule has 0 aromatic heterocycles. The lowest BCUT2D eigenvalue weighted by atomic mass is 9.78. The van der Waals surface area contributed by atoms with Gasteiger partial charge in [-0.1, -0.05) is 67.9 Å². The lowest BCUT2D eigenvalue weighted by molar-refractivity contribution is -0.274. The van der Waals surface area contributed by atoms with Crippen molar-refractivity contribution in [3.63, 3.8) is 0 Å². The van der Waals surface area contributed by atoms with Crippen LogP contribution < -0.4 is 4.74 Å². The molecule has 1 nitrogen and oxygen atoms in total. The molecule has 0 fully saturated rings. The van der Waals surface area contributed by atoms with Gasteiger partial charge in [-0.3, -0.25) is 0 Å². The fourth-order valence-corrected chi connectivity index (χ4v) is 3.97. The first kappa shape index (κ1) is 25.7. The van der Waals surface area contributed by atoms with Crippen LogP contribution in [0.15, 0.2) is 72.8 Å². The van der Waals surface area contributed by atoms with E-state index in [4.69, 9.17) is 0 Å². The Balaban J connectivity index is 1.60. The van der Waals surface area contributed by atoms with E-state index < -0.39 is 24.0 Å². The molecule has 0 amide bonds. The van der Waals surface area contributed by atoms with Gasteiger partial charge in [0.25, 0.3) is 0 Å². The molecule has 0 heterocycles. The first-order valence-corrected chi connectivity index (χ1v) is 11.0. The minimum absolute atomic E-state index is 0.155. The highest BCUT2D eigenvalue weighted by molar-refractivity contribution is 5.33. The summed E-state index contributed by atoms with van der Waals surface area (Å²) in [6, 6.07) is 19.1. The zero-order valence-electron chi connectivity index (χ0n) is 18.7. The van der Waals surface area contributed by atoms with Crippen molar-refractivity contribution in [2.75, 3.05) is 0 Å². The first-order chi connectivity index (χ1) is 16.1. The summed E-state index contributed by atoms with van der Waals surface area (Å²) in [5.74, 6) is -0.730. The molecule has 0 spiro atoms. The van der Waals surface area contributed by atoms with Crippen LogP contribution in [-0.2, 0) is 18.3 Å². The molecule has 3 rings (SSSR count). The summed E-state index contributed by atoms with van der Waals surface area (Å²) in [7, 11) is 0. The van der Waals surface area contributed by atoms with Crippen molar-refractivity contribution in [2.45, 2.75) is 57.2 Å². The van der Waals surface area contributed by atoms with Gasteiger partial charge in [0.2, 0.25) is 6.43 Å². The summed E-state index contributed by atoms with van der Waals surface area (Å²) in [5, 5.41) is 0. The van der Waals surface area contributed by atoms with Gasteiger partial charge in [0.15, 0.2) is 0 Å². The van der Waals surface area contributed by atoms with Crippen LogP contribution in [0.4, 0.5) is 26.3 Å². The highest BCUT2D eigenvalue weighted by atomic mass is 19.4. The van der Waals surface area contributed by atoms with Crippen LogP contribution >= 0.6 is 0 Å².